The van der Waals surface area contributed by atoms with E-state index >= 15 is 8.78 Å². The number of fused-ring (bicyclic) bond motifs is 2. The summed E-state index contributed by atoms with van der Waals surface area (Å²) < 4.78 is 57.3. The van der Waals surface area contributed by atoms with Gasteiger partial charge in [-0.15, -0.1) is 5.54 Å². The Balaban J connectivity index is 1.47. The molecule has 1 unspecified atom stereocenters. The first-order chi connectivity index (χ1) is 29.0. The second kappa shape index (κ2) is 17.7. The third-order valence-corrected chi connectivity index (χ3v) is 19.4. The van der Waals surface area contributed by atoms with Crippen LogP contribution in [0.25, 0.3) is 32.8 Å². The topological polar surface area (TPSA) is 133 Å². The minimum atomic E-state index is -2.40. The van der Waals surface area contributed by atoms with Crippen LogP contribution in [-0.2, 0) is 9.47 Å². The Morgan fingerprint density at radius 3 is 2.33 bits per heavy atom. The number of piperidine rings is 1. The fraction of sp³-hybridized carbons (Fsp3) is 0.565. The predicted molar refractivity (Wildman–Crippen MR) is 236 cm³/mol. The van der Waals surface area contributed by atoms with Crippen LogP contribution in [-0.4, -0.2) is 105 Å². The van der Waals surface area contributed by atoms with Crippen LogP contribution in [0.1, 0.15) is 79.7 Å². The van der Waals surface area contributed by atoms with Gasteiger partial charge >= 0.3 is 6.01 Å². The van der Waals surface area contributed by atoms with Crippen molar-refractivity contribution in [3.63, 3.8) is 0 Å². The molecule has 61 heavy (non-hydrogen) atoms. The molecule has 3 aliphatic rings. The van der Waals surface area contributed by atoms with Gasteiger partial charge in [0.05, 0.1) is 46.9 Å². The van der Waals surface area contributed by atoms with Crippen LogP contribution in [0.5, 0.6) is 11.8 Å². The minimum absolute atomic E-state index is 0.0235. The molecule has 1 N–H and O–H groups in total. The number of morpholine rings is 1. The molecule has 3 aromatic carbocycles. The Bertz CT molecular complexity index is 2330. The van der Waals surface area contributed by atoms with Crippen molar-refractivity contribution < 1.29 is 37.8 Å². The highest BCUT2D eigenvalue weighted by molar-refractivity contribution is 6.90. The Morgan fingerprint density at radius 1 is 1.00 bits per heavy atom. The number of hydrogen-bond acceptors (Lipinski definition) is 11. The van der Waals surface area contributed by atoms with E-state index in [-0.39, 0.29) is 80.4 Å². The lowest BCUT2D eigenvalue weighted by Crippen LogP contribution is -2.46. The molecule has 328 valence electrons. The van der Waals surface area contributed by atoms with Gasteiger partial charge in [0.1, 0.15) is 31.0 Å². The number of aliphatic hydroxyl groups is 1. The minimum Gasteiger partial charge on any atom is -0.468 e. The first kappa shape index (κ1) is 44.6. The quantitative estimate of drug-likeness (QED) is 0.0428. The second-order valence-corrected chi connectivity index (χ2v) is 24.0. The number of anilines is 1. The fourth-order valence-electron chi connectivity index (χ4n) is 9.81. The normalized spacial score (nSPS) is 19.5. The summed E-state index contributed by atoms with van der Waals surface area (Å²) in [6.45, 7) is 19.3. The van der Waals surface area contributed by atoms with Crippen molar-refractivity contribution in [2.24, 2.45) is 5.41 Å². The molecular formula is C46H59F2N5O7Si. The number of hydrogen-bond donors (Lipinski definition) is 1. The maximum Gasteiger partial charge on any atom is 0.319 e. The zero-order valence-electron chi connectivity index (χ0n) is 36.7. The Hall–Kier alpha value is -4.46. The van der Waals surface area contributed by atoms with Crippen LogP contribution in [0.15, 0.2) is 30.3 Å². The number of halogens is 2. The number of nitrogens with zero attached hydrogens (tertiary/aromatic N) is 5. The van der Waals surface area contributed by atoms with Gasteiger partial charge < -0.3 is 29.0 Å². The fourth-order valence-corrected chi connectivity index (χ4v) is 15.0. The monoisotopic (exact) mass is 859 g/mol. The van der Waals surface area contributed by atoms with Gasteiger partial charge in [0.2, 0.25) is 0 Å². The summed E-state index contributed by atoms with van der Waals surface area (Å²) in [4.78, 5) is 26.2. The summed E-state index contributed by atoms with van der Waals surface area (Å²) >= 11 is 0. The van der Waals surface area contributed by atoms with Crippen LogP contribution >= 0.6 is 0 Å². The van der Waals surface area contributed by atoms with E-state index in [2.05, 4.69) is 62.9 Å². The van der Waals surface area contributed by atoms with Gasteiger partial charge in [-0.05, 0) is 72.8 Å². The highest BCUT2D eigenvalue weighted by Crippen LogP contribution is 2.48. The van der Waals surface area contributed by atoms with Gasteiger partial charge in [-0.25, -0.2) is 8.78 Å². The van der Waals surface area contributed by atoms with Crippen LogP contribution in [0.2, 0.25) is 16.6 Å². The van der Waals surface area contributed by atoms with Crippen molar-refractivity contribution in [1.29, 1.82) is 0 Å². The molecule has 1 aromatic heterocycles. The standard InChI is InChI=1S/C46H59F2N5O7Si/c1-29(2)61(30(3)4,31(5)6)21-12-34-37(47)11-10-32-22-33(60-28-57-8)23-35(39(32)34)40-38(53(55)56)24-36-42(41(40)48)49-44(50-43(36)52-16-9-13-45(7,54)25-52)59-27-46(14-15-46)26-51-17-19-58-20-18-51/h10-11,22-24,29-31,54H,9,13-20,25-28H2,1-8H3. The van der Waals surface area contributed by atoms with E-state index in [1.54, 1.807) is 19.1 Å². The first-order valence-corrected chi connectivity index (χ1v) is 23.7. The van der Waals surface area contributed by atoms with Crippen molar-refractivity contribution in [3.8, 4) is 34.4 Å². The van der Waals surface area contributed by atoms with Gasteiger partial charge in [0.15, 0.2) is 12.6 Å². The molecule has 1 aliphatic carbocycles. The van der Waals surface area contributed by atoms with Crippen LogP contribution in [0.4, 0.5) is 20.3 Å². The van der Waals surface area contributed by atoms with Crippen molar-refractivity contribution >= 4 is 41.3 Å². The molecule has 2 saturated heterocycles. The molecule has 3 heterocycles. The van der Waals surface area contributed by atoms with Gasteiger partial charge in [-0.3, -0.25) is 15.0 Å². The molecule has 15 heteroatoms. The van der Waals surface area contributed by atoms with Crippen molar-refractivity contribution in [1.82, 2.24) is 14.9 Å². The highest BCUT2D eigenvalue weighted by atomic mass is 28.3. The summed E-state index contributed by atoms with van der Waals surface area (Å²) in [7, 11) is -0.946. The predicted octanol–water partition coefficient (Wildman–Crippen LogP) is 9.03. The highest BCUT2D eigenvalue weighted by Gasteiger charge is 2.46. The smallest absolute Gasteiger partial charge is 0.319 e. The number of ether oxygens (including phenoxy) is 4. The molecule has 3 fully saturated rings. The number of rotatable bonds is 14. The number of aromatic nitrogens is 2. The average molecular weight is 860 g/mol. The average Bonchev–Trinajstić information content (AvgIpc) is 3.98. The van der Waals surface area contributed by atoms with Crippen molar-refractivity contribution in [2.45, 2.75) is 96.4 Å². The van der Waals surface area contributed by atoms with E-state index in [0.29, 0.717) is 44.6 Å². The summed E-state index contributed by atoms with van der Waals surface area (Å²) in [5.74, 6) is 2.08. The molecule has 0 amide bonds. The van der Waals surface area contributed by atoms with Gasteiger partial charge in [0, 0.05) is 62.3 Å². The molecule has 2 aliphatic heterocycles. The molecule has 7 rings (SSSR count). The van der Waals surface area contributed by atoms with Crippen molar-refractivity contribution in [2.75, 3.05) is 71.3 Å². The van der Waals surface area contributed by atoms with E-state index in [4.69, 9.17) is 23.9 Å². The molecule has 4 aromatic rings. The molecular weight excluding hydrogens is 801 g/mol. The summed E-state index contributed by atoms with van der Waals surface area (Å²) in [5, 5.41) is 25.1. The largest absolute Gasteiger partial charge is 0.468 e. The number of methoxy groups -OCH3 is 1. The lowest BCUT2D eigenvalue weighted by atomic mass is 9.91. The van der Waals surface area contributed by atoms with Crippen molar-refractivity contribution in [3.05, 3.63) is 57.6 Å². The number of nitro benzene ring substituents is 1. The molecule has 1 atom stereocenters. The Kier molecular flexibility index (Phi) is 13.0. The van der Waals surface area contributed by atoms with Gasteiger partial charge in [-0.2, -0.15) is 9.97 Å². The maximum atomic E-state index is 18.0. The second-order valence-electron chi connectivity index (χ2n) is 18.5. The molecule has 12 nitrogen and oxygen atoms in total. The lowest BCUT2D eigenvalue weighted by molar-refractivity contribution is -0.384. The number of β-amino-alcohol motifs (C(OH)–C–C–N with tert-alkyl or cyclic N) is 1. The van der Waals surface area contributed by atoms with Gasteiger partial charge in [0.25, 0.3) is 5.69 Å². The van der Waals surface area contributed by atoms with Crippen LogP contribution < -0.4 is 14.4 Å². The van der Waals surface area contributed by atoms with Crippen LogP contribution in [0.3, 0.4) is 0 Å². The van der Waals surface area contributed by atoms with E-state index in [0.717, 1.165) is 32.5 Å². The zero-order chi connectivity index (χ0) is 43.9. The van der Waals surface area contributed by atoms with E-state index < -0.39 is 41.5 Å². The van der Waals surface area contributed by atoms with Gasteiger partial charge in [-0.1, -0.05) is 53.5 Å². The molecule has 0 radical (unpaired) electrons. The number of benzene rings is 3. The SMILES string of the molecule is COCOc1cc(-c2c([N+](=O)[O-])cc3c(N4CCCC(C)(O)C4)nc(OCC4(CN5CCOCC5)CC4)nc3c2F)c2c(C#C[Si](C(C)C)(C(C)C)C(C)C)c(F)ccc2c1. The summed E-state index contributed by atoms with van der Waals surface area (Å²) in [5.41, 5.74) is 2.02. The first-order valence-electron chi connectivity index (χ1n) is 21.5. The molecule has 0 bridgehead atoms. The third kappa shape index (κ3) is 9.06. The Labute approximate surface area is 358 Å². The van der Waals surface area contributed by atoms with Crippen LogP contribution in [0, 0.1) is 38.6 Å². The molecule has 0 spiro atoms. The summed E-state index contributed by atoms with van der Waals surface area (Å²) in [6.07, 6.45) is 3.07. The molecule has 1 saturated carbocycles. The van der Waals surface area contributed by atoms with E-state index in [1.165, 1.54) is 25.3 Å². The maximum absolute atomic E-state index is 18.0. The lowest BCUT2D eigenvalue weighted by Gasteiger charge is -2.38. The Morgan fingerprint density at radius 2 is 1.70 bits per heavy atom. The summed E-state index contributed by atoms with van der Waals surface area (Å²) in [6, 6.07) is 7.21. The third-order valence-electron chi connectivity index (χ3n) is 13.1. The number of nitro groups is 1. The zero-order valence-corrected chi connectivity index (χ0v) is 37.7. The van der Waals surface area contributed by atoms with E-state index in [1.807, 2.05) is 4.90 Å². The van der Waals surface area contributed by atoms with E-state index in [9.17, 15) is 15.2 Å².